The van der Waals surface area contributed by atoms with E-state index in [9.17, 15) is 13.2 Å². The topological polar surface area (TPSA) is 57.4 Å². The van der Waals surface area contributed by atoms with Crippen LogP contribution in [-0.4, -0.2) is 36.2 Å². The van der Waals surface area contributed by atoms with E-state index in [1.807, 2.05) is 24.3 Å². The van der Waals surface area contributed by atoms with Crippen molar-refractivity contribution in [2.75, 3.05) is 30.8 Å². The number of pyridine rings is 1. The van der Waals surface area contributed by atoms with E-state index in [-0.39, 0.29) is 11.3 Å². The van der Waals surface area contributed by atoms with Gasteiger partial charge in [0.25, 0.3) is 0 Å². The molecule has 0 atom stereocenters. The summed E-state index contributed by atoms with van der Waals surface area (Å²) >= 11 is 0. The average Bonchev–Trinajstić information content (AvgIpc) is 3.44. The molecule has 1 aliphatic rings. The van der Waals surface area contributed by atoms with Crippen LogP contribution in [0.15, 0.2) is 84.9 Å². The standard InChI is InChI=1S/C31H36F3N5/c1-5-25-17-24(9-11-29(25)39-14-6-7-15-39)19-38(4)20-28(21(2)31(32,33)34)22(3)37-18-23-8-10-27-26(16-23)12-13-36-30(27)35/h8-13,16-17,20,37H,2-3,5-7,14-15,18-19H2,1,4H3,(H2,35,36)/b28-20+. The summed E-state index contributed by atoms with van der Waals surface area (Å²) in [5.41, 5.74) is 9.48. The lowest BCUT2D eigenvalue weighted by atomic mass is 10.0. The summed E-state index contributed by atoms with van der Waals surface area (Å²) in [7, 11) is 1.76. The molecule has 8 heteroatoms. The van der Waals surface area contributed by atoms with Gasteiger partial charge in [0.15, 0.2) is 0 Å². The highest BCUT2D eigenvalue weighted by Gasteiger charge is 2.35. The summed E-state index contributed by atoms with van der Waals surface area (Å²) in [5, 5.41) is 4.79. The fourth-order valence-electron chi connectivity index (χ4n) is 5.00. The molecule has 0 unspecified atom stereocenters. The number of aryl methyl sites for hydroxylation is 1. The van der Waals surface area contributed by atoms with Crippen molar-refractivity contribution in [2.45, 2.75) is 45.5 Å². The molecule has 206 valence electrons. The molecule has 2 heterocycles. The first-order chi connectivity index (χ1) is 18.6. The van der Waals surface area contributed by atoms with Gasteiger partial charge in [-0.25, -0.2) is 4.98 Å². The maximum Gasteiger partial charge on any atom is 0.416 e. The van der Waals surface area contributed by atoms with Gasteiger partial charge < -0.3 is 20.9 Å². The van der Waals surface area contributed by atoms with Gasteiger partial charge in [-0.2, -0.15) is 13.2 Å². The van der Waals surface area contributed by atoms with E-state index in [4.69, 9.17) is 5.73 Å². The van der Waals surface area contributed by atoms with E-state index in [0.29, 0.717) is 18.9 Å². The third-order valence-electron chi connectivity index (χ3n) is 7.11. The Labute approximate surface area is 228 Å². The van der Waals surface area contributed by atoms with Gasteiger partial charge in [0.1, 0.15) is 5.82 Å². The van der Waals surface area contributed by atoms with Crippen molar-refractivity contribution >= 4 is 22.3 Å². The second kappa shape index (κ2) is 11.8. The van der Waals surface area contributed by atoms with Crippen LogP contribution in [0, 0.1) is 0 Å². The first-order valence-corrected chi connectivity index (χ1v) is 13.2. The Balaban J connectivity index is 1.51. The van der Waals surface area contributed by atoms with Crippen LogP contribution in [-0.2, 0) is 19.5 Å². The minimum Gasteiger partial charge on any atom is -0.383 e. The summed E-state index contributed by atoms with van der Waals surface area (Å²) in [6, 6.07) is 13.9. The Morgan fingerprint density at radius 1 is 1.10 bits per heavy atom. The van der Waals surface area contributed by atoms with Gasteiger partial charge in [-0.1, -0.05) is 44.3 Å². The molecule has 3 N–H and O–H groups in total. The number of benzene rings is 2. The third kappa shape index (κ3) is 6.74. The molecule has 2 aromatic carbocycles. The van der Waals surface area contributed by atoms with E-state index in [0.717, 1.165) is 41.4 Å². The quantitative estimate of drug-likeness (QED) is 0.282. The predicted molar refractivity (Wildman–Crippen MR) is 154 cm³/mol. The summed E-state index contributed by atoms with van der Waals surface area (Å²) in [6.07, 6.45) is 1.81. The molecule has 1 saturated heterocycles. The molecule has 0 saturated carbocycles. The first-order valence-electron chi connectivity index (χ1n) is 13.2. The van der Waals surface area contributed by atoms with Crippen LogP contribution in [0.3, 0.4) is 0 Å². The number of rotatable bonds is 10. The van der Waals surface area contributed by atoms with Gasteiger partial charge in [0, 0.05) is 68.0 Å². The van der Waals surface area contributed by atoms with Crippen LogP contribution in [0.25, 0.3) is 10.8 Å². The highest BCUT2D eigenvalue weighted by Crippen LogP contribution is 2.33. The molecular formula is C31H36F3N5. The van der Waals surface area contributed by atoms with Gasteiger partial charge in [-0.05, 0) is 59.5 Å². The highest BCUT2D eigenvalue weighted by atomic mass is 19.4. The van der Waals surface area contributed by atoms with Crippen molar-refractivity contribution in [1.82, 2.24) is 15.2 Å². The molecule has 1 aliphatic heterocycles. The fourth-order valence-corrected chi connectivity index (χ4v) is 5.00. The number of alkyl halides is 3. The molecule has 5 nitrogen and oxygen atoms in total. The number of hydrogen-bond acceptors (Lipinski definition) is 5. The molecular weight excluding hydrogens is 499 g/mol. The Morgan fingerprint density at radius 2 is 1.82 bits per heavy atom. The van der Waals surface area contributed by atoms with Crippen LogP contribution < -0.4 is 16.0 Å². The molecule has 4 rings (SSSR count). The normalized spacial score (nSPS) is 14.1. The number of nitrogens with zero attached hydrogens (tertiary/aromatic N) is 3. The smallest absolute Gasteiger partial charge is 0.383 e. The number of aromatic nitrogens is 1. The van der Waals surface area contributed by atoms with E-state index >= 15 is 0 Å². The van der Waals surface area contributed by atoms with Gasteiger partial charge in [0.05, 0.1) is 5.57 Å². The monoisotopic (exact) mass is 535 g/mol. The van der Waals surface area contributed by atoms with Crippen molar-refractivity contribution in [2.24, 2.45) is 0 Å². The third-order valence-corrected chi connectivity index (χ3v) is 7.11. The van der Waals surface area contributed by atoms with E-state index in [1.54, 1.807) is 18.1 Å². The van der Waals surface area contributed by atoms with Crippen LogP contribution in [0.2, 0.25) is 0 Å². The largest absolute Gasteiger partial charge is 0.416 e. The minimum absolute atomic E-state index is 0.0800. The average molecular weight is 536 g/mol. The summed E-state index contributed by atoms with van der Waals surface area (Å²) < 4.78 is 41.3. The lowest BCUT2D eigenvalue weighted by molar-refractivity contribution is -0.0889. The maximum atomic E-state index is 13.8. The van der Waals surface area contributed by atoms with Gasteiger partial charge in [-0.3, -0.25) is 0 Å². The van der Waals surface area contributed by atoms with Crippen LogP contribution in [0.1, 0.15) is 36.5 Å². The maximum absolute atomic E-state index is 13.8. The summed E-state index contributed by atoms with van der Waals surface area (Å²) in [4.78, 5) is 8.24. The number of anilines is 2. The number of allylic oxidation sites excluding steroid dienone is 1. The molecule has 0 amide bonds. The van der Waals surface area contributed by atoms with Crippen LogP contribution in [0.5, 0.6) is 0 Å². The van der Waals surface area contributed by atoms with Gasteiger partial charge >= 0.3 is 6.18 Å². The number of halogens is 3. The summed E-state index contributed by atoms with van der Waals surface area (Å²) in [6.45, 7) is 12.3. The lowest BCUT2D eigenvalue weighted by Crippen LogP contribution is -2.23. The zero-order valence-corrected chi connectivity index (χ0v) is 22.6. The molecule has 1 aromatic heterocycles. The minimum atomic E-state index is -4.59. The lowest BCUT2D eigenvalue weighted by Gasteiger charge is -2.24. The molecule has 0 bridgehead atoms. The number of nitrogens with one attached hydrogen (secondary N) is 1. The molecule has 3 aromatic rings. The molecule has 0 radical (unpaired) electrons. The van der Waals surface area contributed by atoms with Crippen molar-refractivity contribution in [3.8, 4) is 0 Å². The van der Waals surface area contributed by atoms with Gasteiger partial charge in [0.2, 0.25) is 0 Å². The number of hydrogen-bond donors (Lipinski definition) is 2. The zero-order chi connectivity index (χ0) is 28.2. The molecule has 1 fully saturated rings. The Morgan fingerprint density at radius 3 is 2.51 bits per heavy atom. The van der Waals surface area contributed by atoms with Crippen molar-refractivity contribution in [3.05, 3.63) is 102 Å². The fraction of sp³-hybridized carbons (Fsp3) is 0.323. The number of fused-ring (bicyclic) bond motifs is 1. The second-order valence-corrected chi connectivity index (χ2v) is 10.0. The molecule has 0 spiro atoms. The first kappa shape index (κ1) is 28.1. The van der Waals surface area contributed by atoms with E-state index < -0.39 is 11.7 Å². The van der Waals surface area contributed by atoms with Crippen molar-refractivity contribution < 1.29 is 13.2 Å². The van der Waals surface area contributed by atoms with Crippen LogP contribution in [0.4, 0.5) is 24.7 Å². The van der Waals surface area contributed by atoms with E-state index in [1.165, 1.54) is 30.3 Å². The summed E-state index contributed by atoms with van der Waals surface area (Å²) in [5.74, 6) is 0.433. The van der Waals surface area contributed by atoms with Crippen molar-refractivity contribution in [3.63, 3.8) is 0 Å². The number of nitrogen functional groups attached to an aromatic ring is 1. The molecule has 39 heavy (non-hydrogen) atoms. The Bertz CT molecular complexity index is 1390. The highest BCUT2D eigenvalue weighted by molar-refractivity contribution is 5.91. The Hall–Kier alpha value is -3.94. The predicted octanol–water partition coefficient (Wildman–Crippen LogP) is 6.72. The Kier molecular flexibility index (Phi) is 8.53. The SMILES string of the molecule is C=C(NCc1ccc2c(N)nccc2c1)/C(=C/N(C)Cc1ccc(N2CCCC2)c(CC)c1)C(=C)C(F)(F)F. The van der Waals surface area contributed by atoms with Gasteiger partial charge in [-0.15, -0.1) is 0 Å². The molecule has 0 aliphatic carbocycles. The van der Waals surface area contributed by atoms with Crippen LogP contribution >= 0.6 is 0 Å². The van der Waals surface area contributed by atoms with Crippen molar-refractivity contribution in [1.29, 1.82) is 0 Å². The zero-order valence-electron chi connectivity index (χ0n) is 22.6. The van der Waals surface area contributed by atoms with E-state index in [2.05, 4.69) is 53.5 Å². The second-order valence-electron chi connectivity index (χ2n) is 10.0. The number of nitrogens with two attached hydrogens (primary N) is 1.